The van der Waals surface area contributed by atoms with E-state index in [0.29, 0.717) is 11.6 Å². The maximum Gasteiger partial charge on any atom is 0.416 e. The number of aromatic nitrogens is 2. The van der Waals surface area contributed by atoms with Gasteiger partial charge in [-0.15, -0.1) is 0 Å². The maximum atomic E-state index is 14.6. The second-order valence-corrected chi connectivity index (χ2v) is 6.87. The minimum atomic E-state index is -4.69. The van der Waals surface area contributed by atoms with E-state index in [2.05, 4.69) is 15.5 Å². The van der Waals surface area contributed by atoms with Gasteiger partial charge in [0.05, 0.1) is 17.5 Å². The molecule has 4 rings (SSSR count). The van der Waals surface area contributed by atoms with E-state index in [1.54, 1.807) is 36.4 Å². The number of hydrogen-bond acceptors (Lipinski definition) is 4. The van der Waals surface area contributed by atoms with E-state index in [4.69, 9.17) is 4.52 Å². The minimum absolute atomic E-state index is 0.0440. The standard InChI is InChI=1S/C23H15F4N3O2/c24-18-13-16(23(25,26)27)6-7-17(18)21-20(15-8-10-28-11-9-15)22(32-30-21)29-19(31)12-14-4-2-1-3-5-14/h1-11,13H,12H2,(H,29,31). The lowest BCUT2D eigenvalue weighted by Crippen LogP contribution is -2.14. The number of benzene rings is 2. The van der Waals surface area contributed by atoms with Crippen molar-refractivity contribution in [3.8, 4) is 22.4 Å². The molecule has 2 aromatic heterocycles. The van der Waals surface area contributed by atoms with Crippen molar-refractivity contribution < 1.29 is 26.9 Å². The van der Waals surface area contributed by atoms with Gasteiger partial charge in [-0.1, -0.05) is 35.5 Å². The Labute approximate surface area is 179 Å². The van der Waals surface area contributed by atoms with Crippen LogP contribution in [0.5, 0.6) is 0 Å². The van der Waals surface area contributed by atoms with Gasteiger partial charge in [0.15, 0.2) is 0 Å². The molecule has 32 heavy (non-hydrogen) atoms. The maximum absolute atomic E-state index is 14.6. The number of carbonyl (C=O) groups is 1. The van der Waals surface area contributed by atoms with Crippen molar-refractivity contribution in [1.29, 1.82) is 0 Å². The molecule has 0 saturated heterocycles. The van der Waals surface area contributed by atoms with E-state index in [1.165, 1.54) is 12.4 Å². The topological polar surface area (TPSA) is 68.0 Å². The highest BCUT2D eigenvalue weighted by Crippen LogP contribution is 2.40. The summed E-state index contributed by atoms with van der Waals surface area (Å²) in [5.41, 5.74) is 0.126. The lowest BCUT2D eigenvalue weighted by atomic mass is 10.00. The molecular formula is C23H15F4N3O2. The van der Waals surface area contributed by atoms with Crippen LogP contribution in [-0.2, 0) is 17.4 Å². The molecule has 0 aliphatic rings. The first-order chi connectivity index (χ1) is 15.3. The summed E-state index contributed by atoms with van der Waals surface area (Å²) in [4.78, 5) is 16.4. The van der Waals surface area contributed by atoms with Crippen LogP contribution in [0.3, 0.4) is 0 Å². The number of nitrogens with one attached hydrogen (secondary N) is 1. The number of nitrogens with zero attached hydrogens (tertiary/aromatic N) is 2. The predicted molar refractivity (Wildman–Crippen MR) is 109 cm³/mol. The molecule has 0 saturated carbocycles. The van der Waals surface area contributed by atoms with Gasteiger partial charge in [0.25, 0.3) is 0 Å². The monoisotopic (exact) mass is 441 g/mol. The largest absolute Gasteiger partial charge is 0.416 e. The molecule has 2 aromatic carbocycles. The molecule has 0 bridgehead atoms. The van der Waals surface area contributed by atoms with Crippen LogP contribution < -0.4 is 5.32 Å². The third-order valence-corrected chi connectivity index (χ3v) is 4.67. The molecule has 0 radical (unpaired) electrons. The number of hydrogen-bond donors (Lipinski definition) is 1. The number of alkyl halides is 3. The van der Waals surface area contributed by atoms with Gasteiger partial charge in [0.1, 0.15) is 11.5 Å². The van der Waals surface area contributed by atoms with Gasteiger partial charge in [-0.25, -0.2) is 4.39 Å². The summed E-state index contributed by atoms with van der Waals surface area (Å²) in [5.74, 6) is -1.57. The molecule has 162 valence electrons. The van der Waals surface area contributed by atoms with Gasteiger partial charge in [-0.2, -0.15) is 13.2 Å². The Morgan fingerprint density at radius 3 is 2.38 bits per heavy atom. The average molecular weight is 441 g/mol. The Morgan fingerprint density at radius 1 is 1.00 bits per heavy atom. The highest BCUT2D eigenvalue weighted by molar-refractivity contribution is 5.97. The van der Waals surface area contributed by atoms with Crippen molar-refractivity contribution in [2.75, 3.05) is 5.32 Å². The van der Waals surface area contributed by atoms with E-state index in [-0.39, 0.29) is 29.1 Å². The third-order valence-electron chi connectivity index (χ3n) is 4.67. The smallest absolute Gasteiger partial charge is 0.337 e. The summed E-state index contributed by atoms with van der Waals surface area (Å²) in [7, 11) is 0. The highest BCUT2D eigenvalue weighted by atomic mass is 19.4. The van der Waals surface area contributed by atoms with Crippen LogP contribution in [0, 0.1) is 5.82 Å². The normalized spacial score (nSPS) is 11.4. The Balaban J connectivity index is 1.73. The second kappa shape index (κ2) is 8.62. The molecular weight excluding hydrogens is 426 g/mol. The first kappa shape index (κ1) is 21.2. The van der Waals surface area contributed by atoms with Gasteiger partial charge in [0, 0.05) is 18.0 Å². The fourth-order valence-electron chi connectivity index (χ4n) is 3.18. The summed E-state index contributed by atoms with van der Waals surface area (Å²) in [6, 6.07) is 14.3. The highest BCUT2D eigenvalue weighted by Gasteiger charge is 2.32. The first-order valence-corrected chi connectivity index (χ1v) is 9.44. The van der Waals surface area contributed by atoms with Crippen molar-refractivity contribution in [2.45, 2.75) is 12.6 Å². The van der Waals surface area contributed by atoms with Gasteiger partial charge >= 0.3 is 6.18 Å². The SMILES string of the molecule is O=C(Cc1ccccc1)Nc1onc(-c2ccc(C(F)(F)F)cc2F)c1-c1ccncc1. The van der Waals surface area contributed by atoms with Gasteiger partial charge in [0.2, 0.25) is 11.8 Å². The molecule has 0 aliphatic carbocycles. The Morgan fingerprint density at radius 2 is 1.72 bits per heavy atom. The van der Waals surface area contributed by atoms with E-state index >= 15 is 0 Å². The van der Waals surface area contributed by atoms with Crippen LogP contribution in [0.2, 0.25) is 0 Å². The molecule has 4 aromatic rings. The van der Waals surface area contributed by atoms with Crippen molar-refractivity contribution >= 4 is 11.8 Å². The van der Waals surface area contributed by atoms with Crippen LogP contribution in [0.4, 0.5) is 23.4 Å². The zero-order valence-corrected chi connectivity index (χ0v) is 16.4. The summed E-state index contributed by atoms with van der Waals surface area (Å²) in [6.45, 7) is 0. The Bertz CT molecular complexity index is 1240. The lowest BCUT2D eigenvalue weighted by Gasteiger charge is -2.09. The van der Waals surface area contributed by atoms with Crippen molar-refractivity contribution in [3.05, 3.63) is 90.0 Å². The summed E-state index contributed by atoms with van der Waals surface area (Å²) < 4.78 is 58.7. The van der Waals surface area contributed by atoms with Crippen LogP contribution in [0.15, 0.2) is 77.6 Å². The summed E-state index contributed by atoms with van der Waals surface area (Å²) in [6.07, 6.45) is -1.68. The van der Waals surface area contributed by atoms with E-state index in [0.717, 1.165) is 17.7 Å². The number of pyridine rings is 1. The molecule has 0 atom stereocenters. The molecule has 9 heteroatoms. The second-order valence-electron chi connectivity index (χ2n) is 6.87. The predicted octanol–water partition coefficient (Wildman–Crippen LogP) is 5.74. The van der Waals surface area contributed by atoms with Crippen molar-refractivity contribution in [1.82, 2.24) is 10.1 Å². The zero-order chi connectivity index (χ0) is 22.7. The quantitative estimate of drug-likeness (QED) is 0.401. The lowest BCUT2D eigenvalue weighted by molar-refractivity contribution is -0.137. The Hall–Kier alpha value is -4.01. The van der Waals surface area contributed by atoms with Crippen LogP contribution in [-0.4, -0.2) is 16.0 Å². The molecule has 0 aliphatic heterocycles. The number of halogens is 4. The van der Waals surface area contributed by atoms with Gasteiger partial charge < -0.3 is 4.52 Å². The number of anilines is 1. The number of carbonyl (C=O) groups excluding carboxylic acids is 1. The third kappa shape index (κ3) is 4.51. The molecule has 0 spiro atoms. The van der Waals surface area contributed by atoms with Crippen molar-refractivity contribution in [3.63, 3.8) is 0 Å². The summed E-state index contributed by atoms with van der Waals surface area (Å²) >= 11 is 0. The van der Waals surface area contributed by atoms with Gasteiger partial charge in [-0.05, 0) is 41.5 Å². The summed E-state index contributed by atoms with van der Waals surface area (Å²) in [5, 5.41) is 6.46. The zero-order valence-electron chi connectivity index (χ0n) is 16.4. The fourth-order valence-corrected chi connectivity index (χ4v) is 3.18. The van der Waals surface area contributed by atoms with Crippen LogP contribution in [0.25, 0.3) is 22.4 Å². The van der Waals surface area contributed by atoms with E-state index in [9.17, 15) is 22.4 Å². The van der Waals surface area contributed by atoms with E-state index < -0.39 is 23.5 Å². The first-order valence-electron chi connectivity index (χ1n) is 9.44. The molecule has 0 unspecified atom stereocenters. The molecule has 0 fully saturated rings. The molecule has 2 heterocycles. The van der Waals surface area contributed by atoms with Crippen molar-refractivity contribution in [2.24, 2.45) is 0 Å². The molecule has 1 amide bonds. The number of rotatable bonds is 5. The van der Waals surface area contributed by atoms with Crippen LogP contribution in [0.1, 0.15) is 11.1 Å². The van der Waals surface area contributed by atoms with Gasteiger partial charge in [-0.3, -0.25) is 15.1 Å². The average Bonchev–Trinajstić information content (AvgIpc) is 3.17. The molecule has 1 N–H and O–H groups in total. The van der Waals surface area contributed by atoms with Crippen LogP contribution >= 0.6 is 0 Å². The minimum Gasteiger partial charge on any atom is -0.337 e. The Kier molecular flexibility index (Phi) is 5.72. The fraction of sp³-hybridized carbons (Fsp3) is 0.0870. The van der Waals surface area contributed by atoms with E-state index in [1.807, 2.05) is 6.07 Å². The molecule has 5 nitrogen and oxygen atoms in total. The number of amides is 1.